The van der Waals surface area contributed by atoms with Crippen LogP contribution < -0.4 is 5.32 Å². The highest BCUT2D eigenvalue weighted by Gasteiger charge is 2.34. The molecule has 2 aliphatic carbocycles. The largest absolute Gasteiger partial charge is 0.394 e. The van der Waals surface area contributed by atoms with E-state index in [1.807, 2.05) is 0 Å². The highest BCUT2D eigenvalue weighted by atomic mass is 16.3. The third-order valence-corrected chi connectivity index (χ3v) is 3.33. The van der Waals surface area contributed by atoms with Crippen LogP contribution in [0.4, 0.5) is 0 Å². The summed E-state index contributed by atoms with van der Waals surface area (Å²) in [6.45, 7) is 1.47. The number of aliphatic hydroxyl groups excluding tert-OH is 1. The Balaban J connectivity index is 1.79. The Kier molecular flexibility index (Phi) is 2.37. The van der Waals surface area contributed by atoms with Crippen LogP contribution in [0.5, 0.6) is 0 Å². The first-order valence-corrected chi connectivity index (χ1v) is 5.21. The maximum Gasteiger partial charge on any atom is 0.0613 e. The van der Waals surface area contributed by atoms with Crippen LogP contribution in [0.3, 0.4) is 0 Å². The summed E-state index contributed by atoms with van der Waals surface area (Å²) in [4.78, 5) is 0. The van der Waals surface area contributed by atoms with Crippen molar-refractivity contribution in [2.24, 2.45) is 5.92 Å². The molecule has 0 bridgehead atoms. The Labute approximate surface area is 74.4 Å². The summed E-state index contributed by atoms with van der Waals surface area (Å²) >= 11 is 0. The first-order valence-electron chi connectivity index (χ1n) is 5.21. The Morgan fingerprint density at radius 3 is 2.42 bits per heavy atom. The van der Waals surface area contributed by atoms with E-state index in [9.17, 15) is 5.11 Å². The second-order valence-electron chi connectivity index (χ2n) is 4.47. The zero-order chi connectivity index (χ0) is 8.44. The van der Waals surface area contributed by atoms with Gasteiger partial charge >= 0.3 is 0 Å². The van der Waals surface area contributed by atoms with Crippen molar-refractivity contribution in [1.29, 1.82) is 0 Å². The summed E-state index contributed by atoms with van der Waals surface area (Å²) in [6.07, 6.45) is 7.73. The minimum absolute atomic E-state index is 0.114. The number of hydrogen-bond donors (Lipinski definition) is 2. The molecule has 2 saturated carbocycles. The molecular formula is C10H19NO. The molecule has 2 rings (SSSR count). The van der Waals surface area contributed by atoms with Crippen molar-refractivity contribution < 1.29 is 5.11 Å². The average molecular weight is 169 g/mol. The van der Waals surface area contributed by atoms with E-state index in [0.717, 1.165) is 12.5 Å². The van der Waals surface area contributed by atoms with Gasteiger partial charge in [-0.15, -0.1) is 0 Å². The highest BCUT2D eigenvalue weighted by Crippen LogP contribution is 2.32. The summed E-state index contributed by atoms with van der Waals surface area (Å²) in [7, 11) is 0. The van der Waals surface area contributed by atoms with Gasteiger partial charge in [-0.1, -0.05) is 12.8 Å². The zero-order valence-electron chi connectivity index (χ0n) is 7.68. The van der Waals surface area contributed by atoms with Crippen LogP contribution in [0.1, 0.15) is 38.5 Å². The second-order valence-corrected chi connectivity index (χ2v) is 4.47. The molecule has 2 nitrogen and oxygen atoms in total. The smallest absolute Gasteiger partial charge is 0.0613 e. The minimum Gasteiger partial charge on any atom is -0.394 e. The average Bonchev–Trinajstić information content (AvgIpc) is 2.82. The minimum atomic E-state index is 0.114. The molecule has 2 aliphatic rings. The van der Waals surface area contributed by atoms with Gasteiger partial charge in [0.05, 0.1) is 6.61 Å². The zero-order valence-corrected chi connectivity index (χ0v) is 7.68. The third-order valence-electron chi connectivity index (χ3n) is 3.33. The summed E-state index contributed by atoms with van der Waals surface area (Å²) in [6, 6.07) is 0. The molecule has 12 heavy (non-hydrogen) atoms. The van der Waals surface area contributed by atoms with Crippen molar-refractivity contribution in [3.8, 4) is 0 Å². The molecule has 0 aromatic heterocycles. The van der Waals surface area contributed by atoms with Crippen molar-refractivity contribution in [2.75, 3.05) is 13.2 Å². The van der Waals surface area contributed by atoms with Gasteiger partial charge in [0.1, 0.15) is 0 Å². The van der Waals surface area contributed by atoms with Crippen molar-refractivity contribution in [2.45, 2.75) is 44.1 Å². The van der Waals surface area contributed by atoms with Crippen LogP contribution in [0.2, 0.25) is 0 Å². The van der Waals surface area contributed by atoms with Crippen molar-refractivity contribution >= 4 is 0 Å². The fraction of sp³-hybridized carbons (Fsp3) is 1.00. The standard InChI is InChI=1S/C10H19NO/c12-8-10(5-1-2-6-10)11-7-9-3-4-9/h9,11-12H,1-8H2. The van der Waals surface area contributed by atoms with Gasteiger partial charge in [-0.25, -0.2) is 0 Å². The normalized spacial score (nSPS) is 27.8. The van der Waals surface area contributed by atoms with Gasteiger partial charge in [0.2, 0.25) is 0 Å². The maximum absolute atomic E-state index is 9.29. The van der Waals surface area contributed by atoms with E-state index in [4.69, 9.17) is 0 Å². The summed E-state index contributed by atoms with van der Waals surface area (Å²) < 4.78 is 0. The van der Waals surface area contributed by atoms with Crippen LogP contribution in [0.25, 0.3) is 0 Å². The summed E-state index contributed by atoms with van der Waals surface area (Å²) in [5.74, 6) is 0.925. The van der Waals surface area contributed by atoms with Gasteiger partial charge in [-0.2, -0.15) is 0 Å². The molecule has 70 valence electrons. The molecule has 0 amide bonds. The van der Waals surface area contributed by atoms with Crippen molar-refractivity contribution in [3.05, 3.63) is 0 Å². The maximum atomic E-state index is 9.29. The Morgan fingerprint density at radius 2 is 1.92 bits per heavy atom. The first-order chi connectivity index (χ1) is 5.85. The topological polar surface area (TPSA) is 32.3 Å². The molecule has 0 aromatic rings. The number of nitrogens with one attached hydrogen (secondary N) is 1. The molecule has 0 aliphatic heterocycles. The molecule has 0 spiro atoms. The Hall–Kier alpha value is -0.0800. The lowest BCUT2D eigenvalue weighted by atomic mass is 9.99. The molecule has 0 unspecified atom stereocenters. The summed E-state index contributed by atoms with van der Waals surface area (Å²) in [5, 5.41) is 12.8. The number of hydrogen-bond acceptors (Lipinski definition) is 2. The van der Waals surface area contributed by atoms with E-state index in [1.165, 1.54) is 38.5 Å². The Bertz CT molecular complexity index is 148. The predicted molar refractivity (Wildman–Crippen MR) is 49.0 cm³/mol. The molecule has 0 radical (unpaired) electrons. The quantitative estimate of drug-likeness (QED) is 0.664. The monoisotopic (exact) mass is 169 g/mol. The van der Waals surface area contributed by atoms with E-state index >= 15 is 0 Å². The van der Waals surface area contributed by atoms with Crippen LogP contribution in [0, 0.1) is 5.92 Å². The number of aliphatic hydroxyl groups is 1. The number of rotatable bonds is 4. The Morgan fingerprint density at radius 1 is 1.25 bits per heavy atom. The molecule has 0 saturated heterocycles. The summed E-state index contributed by atoms with van der Waals surface area (Å²) in [5.41, 5.74) is 0.114. The van der Waals surface area contributed by atoms with Gasteiger partial charge in [0.25, 0.3) is 0 Å². The second kappa shape index (κ2) is 3.35. The fourth-order valence-electron chi connectivity index (χ4n) is 2.13. The van der Waals surface area contributed by atoms with Crippen LogP contribution >= 0.6 is 0 Å². The van der Waals surface area contributed by atoms with Crippen LogP contribution in [0.15, 0.2) is 0 Å². The lowest BCUT2D eigenvalue weighted by molar-refractivity contribution is 0.163. The molecule has 2 heteroatoms. The van der Waals surface area contributed by atoms with E-state index in [2.05, 4.69) is 5.32 Å². The lowest BCUT2D eigenvalue weighted by Gasteiger charge is -2.28. The molecular weight excluding hydrogens is 150 g/mol. The van der Waals surface area contributed by atoms with Gasteiger partial charge in [0, 0.05) is 5.54 Å². The predicted octanol–water partition coefficient (Wildman–Crippen LogP) is 1.29. The molecule has 0 aromatic carbocycles. The fourth-order valence-corrected chi connectivity index (χ4v) is 2.13. The van der Waals surface area contributed by atoms with Crippen molar-refractivity contribution in [3.63, 3.8) is 0 Å². The van der Waals surface area contributed by atoms with Gasteiger partial charge in [-0.3, -0.25) is 0 Å². The SMILES string of the molecule is OCC1(NCC2CC2)CCCC1. The lowest BCUT2D eigenvalue weighted by Crippen LogP contribution is -2.46. The van der Waals surface area contributed by atoms with Crippen LogP contribution in [-0.2, 0) is 0 Å². The van der Waals surface area contributed by atoms with E-state index < -0.39 is 0 Å². The molecule has 0 atom stereocenters. The first kappa shape index (κ1) is 8.52. The van der Waals surface area contributed by atoms with E-state index in [1.54, 1.807) is 0 Å². The van der Waals surface area contributed by atoms with Crippen LogP contribution in [-0.4, -0.2) is 23.8 Å². The molecule has 2 fully saturated rings. The molecule has 2 N–H and O–H groups in total. The van der Waals surface area contributed by atoms with Gasteiger partial charge in [0.15, 0.2) is 0 Å². The van der Waals surface area contributed by atoms with Gasteiger partial charge < -0.3 is 10.4 Å². The molecule has 0 heterocycles. The van der Waals surface area contributed by atoms with Crippen molar-refractivity contribution in [1.82, 2.24) is 5.32 Å². The highest BCUT2D eigenvalue weighted by molar-refractivity contribution is 4.93. The third kappa shape index (κ3) is 1.80. The van der Waals surface area contributed by atoms with Gasteiger partial charge in [-0.05, 0) is 38.1 Å². The van der Waals surface area contributed by atoms with E-state index in [0.29, 0.717) is 6.61 Å². The van der Waals surface area contributed by atoms with E-state index in [-0.39, 0.29) is 5.54 Å².